The molecule has 1 saturated carbocycles. The predicted octanol–water partition coefficient (Wildman–Crippen LogP) is 4.66. The van der Waals surface area contributed by atoms with Crippen molar-refractivity contribution in [2.45, 2.75) is 70.1 Å². The van der Waals surface area contributed by atoms with Gasteiger partial charge in [0, 0.05) is 0 Å². The van der Waals surface area contributed by atoms with Gasteiger partial charge in [0.1, 0.15) is 0 Å². The van der Waals surface area contributed by atoms with Gasteiger partial charge < -0.3 is 0 Å². The molecule has 21 heavy (non-hydrogen) atoms. The molecule has 1 aromatic carbocycles. The van der Waals surface area contributed by atoms with E-state index in [4.69, 9.17) is 0 Å². The molecule has 1 aromatic rings. The van der Waals surface area contributed by atoms with Crippen LogP contribution < -0.4 is 0 Å². The van der Waals surface area contributed by atoms with Crippen molar-refractivity contribution in [1.29, 1.82) is 0 Å². The highest BCUT2D eigenvalue weighted by Gasteiger charge is 2.28. The zero-order valence-corrected chi connectivity index (χ0v) is 14.2. The lowest BCUT2D eigenvalue weighted by Crippen LogP contribution is -2.17. The smallest absolute Gasteiger partial charge is 0.282 e. The SMILES string of the molecule is Cc1ccc(S(=O)(=O)O)c(C(C)C)c1C1CCCC(C)C1. The van der Waals surface area contributed by atoms with Gasteiger partial charge in [-0.15, -0.1) is 0 Å². The van der Waals surface area contributed by atoms with Crippen LogP contribution in [-0.4, -0.2) is 13.0 Å². The van der Waals surface area contributed by atoms with E-state index in [0.29, 0.717) is 11.8 Å². The van der Waals surface area contributed by atoms with E-state index in [1.54, 1.807) is 6.07 Å². The molecular weight excluding hydrogens is 284 g/mol. The van der Waals surface area contributed by atoms with Gasteiger partial charge in [0.15, 0.2) is 0 Å². The van der Waals surface area contributed by atoms with E-state index in [0.717, 1.165) is 29.5 Å². The first-order valence-corrected chi connectivity index (χ1v) is 9.26. The van der Waals surface area contributed by atoms with Crippen LogP contribution in [0.1, 0.15) is 75.0 Å². The van der Waals surface area contributed by atoms with Crippen molar-refractivity contribution in [3.8, 4) is 0 Å². The third-order valence-electron chi connectivity index (χ3n) is 4.67. The van der Waals surface area contributed by atoms with Crippen LogP contribution in [0, 0.1) is 12.8 Å². The maximum atomic E-state index is 11.7. The highest BCUT2D eigenvalue weighted by atomic mass is 32.2. The molecule has 1 N–H and O–H groups in total. The molecule has 0 bridgehead atoms. The van der Waals surface area contributed by atoms with Crippen LogP contribution in [0.15, 0.2) is 17.0 Å². The normalized spacial score (nSPS) is 23.5. The summed E-state index contributed by atoms with van der Waals surface area (Å²) in [6.07, 6.45) is 4.67. The molecule has 2 atom stereocenters. The summed E-state index contributed by atoms with van der Waals surface area (Å²) in [6, 6.07) is 3.39. The van der Waals surface area contributed by atoms with Crippen molar-refractivity contribution < 1.29 is 13.0 Å². The average Bonchev–Trinajstić information content (AvgIpc) is 2.36. The molecule has 1 fully saturated rings. The molecule has 0 amide bonds. The van der Waals surface area contributed by atoms with Gasteiger partial charge in [0.2, 0.25) is 0 Å². The first-order valence-electron chi connectivity index (χ1n) is 7.82. The summed E-state index contributed by atoms with van der Waals surface area (Å²) in [7, 11) is -4.17. The number of hydrogen-bond acceptors (Lipinski definition) is 2. The van der Waals surface area contributed by atoms with Crippen molar-refractivity contribution in [3.63, 3.8) is 0 Å². The third kappa shape index (κ3) is 3.49. The minimum absolute atomic E-state index is 0.0778. The summed E-state index contributed by atoms with van der Waals surface area (Å²) in [5.41, 5.74) is 3.12. The molecule has 0 aliphatic heterocycles. The summed E-state index contributed by atoms with van der Waals surface area (Å²) in [6.45, 7) is 8.32. The fraction of sp³-hybridized carbons (Fsp3) is 0.647. The van der Waals surface area contributed by atoms with Crippen LogP contribution in [0.5, 0.6) is 0 Å². The second-order valence-electron chi connectivity index (χ2n) is 6.81. The fourth-order valence-corrected chi connectivity index (χ4v) is 4.65. The standard InChI is InChI=1S/C17H26O3S/c1-11(2)16-15(21(18,19)20)9-8-13(4)17(16)14-7-5-6-12(3)10-14/h8-9,11-12,14H,5-7,10H2,1-4H3,(H,18,19,20). The van der Waals surface area contributed by atoms with Crippen molar-refractivity contribution in [2.75, 3.05) is 0 Å². The molecule has 0 heterocycles. The van der Waals surface area contributed by atoms with E-state index in [1.807, 2.05) is 26.8 Å². The Morgan fingerprint density at radius 3 is 2.43 bits per heavy atom. The molecule has 2 rings (SSSR count). The van der Waals surface area contributed by atoms with Crippen molar-refractivity contribution >= 4 is 10.1 Å². The molecule has 0 radical (unpaired) electrons. The van der Waals surface area contributed by atoms with E-state index in [2.05, 4.69) is 6.92 Å². The molecule has 0 spiro atoms. The Labute approximate surface area is 128 Å². The van der Waals surface area contributed by atoms with E-state index in [9.17, 15) is 13.0 Å². The maximum absolute atomic E-state index is 11.7. The monoisotopic (exact) mass is 310 g/mol. The lowest BCUT2D eigenvalue weighted by molar-refractivity contribution is 0.341. The molecular formula is C17H26O3S. The predicted molar refractivity (Wildman–Crippen MR) is 85.5 cm³/mol. The Balaban J connectivity index is 2.63. The summed E-state index contributed by atoms with van der Waals surface area (Å²) in [5, 5.41) is 0. The van der Waals surface area contributed by atoms with Gasteiger partial charge in [-0.1, -0.05) is 39.7 Å². The van der Waals surface area contributed by atoms with E-state index < -0.39 is 10.1 Å². The van der Waals surface area contributed by atoms with Gasteiger partial charge in [0.05, 0.1) is 4.90 Å². The number of benzene rings is 1. The van der Waals surface area contributed by atoms with Crippen LogP contribution in [-0.2, 0) is 10.1 Å². The van der Waals surface area contributed by atoms with Gasteiger partial charge in [-0.3, -0.25) is 4.55 Å². The molecule has 2 unspecified atom stereocenters. The number of rotatable bonds is 3. The molecule has 0 aromatic heterocycles. The van der Waals surface area contributed by atoms with Gasteiger partial charge in [-0.2, -0.15) is 8.42 Å². The van der Waals surface area contributed by atoms with Crippen molar-refractivity contribution in [2.24, 2.45) is 5.92 Å². The van der Waals surface area contributed by atoms with Gasteiger partial charge in [-0.05, 0) is 60.3 Å². The Morgan fingerprint density at radius 1 is 1.24 bits per heavy atom. The quantitative estimate of drug-likeness (QED) is 0.826. The molecule has 1 aliphatic rings. The van der Waals surface area contributed by atoms with Gasteiger partial charge in [0.25, 0.3) is 10.1 Å². The number of hydrogen-bond donors (Lipinski definition) is 1. The van der Waals surface area contributed by atoms with Crippen LogP contribution in [0.25, 0.3) is 0 Å². The summed E-state index contributed by atoms with van der Waals surface area (Å²) in [4.78, 5) is 0.0938. The fourth-order valence-electron chi connectivity index (χ4n) is 3.78. The Hall–Kier alpha value is -0.870. The summed E-state index contributed by atoms with van der Waals surface area (Å²) in [5.74, 6) is 1.17. The molecule has 118 valence electrons. The number of aryl methyl sites for hydroxylation is 1. The van der Waals surface area contributed by atoms with Crippen molar-refractivity contribution in [1.82, 2.24) is 0 Å². The van der Waals surface area contributed by atoms with Crippen molar-refractivity contribution in [3.05, 3.63) is 28.8 Å². The summed E-state index contributed by atoms with van der Waals surface area (Å²) >= 11 is 0. The minimum Gasteiger partial charge on any atom is -0.282 e. The molecule has 0 saturated heterocycles. The lowest BCUT2D eigenvalue weighted by atomic mass is 9.75. The second kappa shape index (κ2) is 6.09. The van der Waals surface area contributed by atoms with Crippen LogP contribution in [0.3, 0.4) is 0 Å². The average molecular weight is 310 g/mol. The third-order valence-corrected chi connectivity index (χ3v) is 5.58. The molecule has 3 nitrogen and oxygen atoms in total. The zero-order valence-electron chi connectivity index (χ0n) is 13.4. The van der Waals surface area contributed by atoms with Gasteiger partial charge >= 0.3 is 0 Å². The Bertz CT molecular complexity index is 617. The van der Waals surface area contributed by atoms with Crippen LogP contribution in [0.4, 0.5) is 0 Å². The van der Waals surface area contributed by atoms with Gasteiger partial charge in [-0.25, -0.2) is 0 Å². The molecule has 1 aliphatic carbocycles. The Morgan fingerprint density at radius 2 is 1.90 bits per heavy atom. The molecule has 4 heteroatoms. The largest absolute Gasteiger partial charge is 0.294 e. The van der Waals surface area contributed by atoms with E-state index >= 15 is 0 Å². The first kappa shape index (κ1) is 16.5. The topological polar surface area (TPSA) is 54.4 Å². The zero-order chi connectivity index (χ0) is 15.8. The van der Waals surface area contributed by atoms with E-state index in [1.165, 1.54) is 12.8 Å². The lowest BCUT2D eigenvalue weighted by Gasteiger charge is -2.31. The minimum atomic E-state index is -4.17. The van der Waals surface area contributed by atoms with E-state index in [-0.39, 0.29) is 10.8 Å². The van der Waals surface area contributed by atoms with Crippen LogP contribution >= 0.6 is 0 Å². The second-order valence-corrected chi connectivity index (χ2v) is 8.20. The Kier molecular flexibility index (Phi) is 4.79. The van der Waals surface area contributed by atoms with Crippen LogP contribution in [0.2, 0.25) is 0 Å². The first-order chi connectivity index (χ1) is 9.71. The highest BCUT2D eigenvalue weighted by Crippen LogP contribution is 2.42. The highest BCUT2D eigenvalue weighted by molar-refractivity contribution is 7.85. The summed E-state index contributed by atoms with van der Waals surface area (Å²) < 4.78 is 33.0. The maximum Gasteiger partial charge on any atom is 0.294 e.